The highest BCUT2D eigenvalue weighted by Gasteiger charge is 2.23. The Morgan fingerprint density at radius 3 is 1.01 bits per heavy atom. The molecule has 0 atom stereocenters. The van der Waals surface area contributed by atoms with Gasteiger partial charge in [-0.1, -0.05) is 200 Å². The first kappa shape index (κ1) is 41.9. The van der Waals surface area contributed by atoms with E-state index in [4.69, 9.17) is 20.2 Å². The quantitative estimate of drug-likeness (QED) is 0.145. The van der Waals surface area contributed by atoms with Gasteiger partial charge in [-0.2, -0.15) is 0 Å². The Bertz CT molecular complexity index is 3970. The molecule has 0 unspecified atom stereocenters. The monoisotopic (exact) mass is 933 g/mol. The molecule has 0 spiro atoms. The van der Waals surface area contributed by atoms with Gasteiger partial charge < -0.3 is 0 Å². The Morgan fingerprint density at radius 2 is 0.589 bits per heavy atom. The molecule has 342 valence electrons. The number of rotatable bonds is 9. The predicted octanol–water partition coefficient (Wildman–Crippen LogP) is 16.3. The van der Waals surface area contributed by atoms with Gasteiger partial charge in [0, 0.05) is 49.5 Å². The molecular weight excluding hydrogens is 891 g/mol. The third kappa shape index (κ3) is 7.29. The number of hydrogen-bond acceptors (Lipinski definition) is 4. The average Bonchev–Trinajstić information content (AvgIpc) is 4.16. The Labute approximate surface area is 421 Å². The standard InChI is InChI=1S/C66H43N7/c1-6-20-44(21-7-1)50-38-57(46-24-10-3-11-25-46)67-63(42-50)72-59-32-18-16-30-53(59)55-36-34-48(40-61(55)72)65-69-70-66(71(65)52-28-14-5-15-29-52)49-35-37-56-54-31-17-19-33-60(54)73(62(56)41-49)64-43-51(45-22-8-2-9-23-45)39-58(68-64)47-26-12-4-13-27-47/h1-43H. The van der Waals surface area contributed by atoms with E-state index in [2.05, 4.69) is 256 Å². The highest BCUT2D eigenvalue weighted by atomic mass is 15.3. The second-order valence-corrected chi connectivity index (χ2v) is 18.3. The first-order valence-electron chi connectivity index (χ1n) is 24.5. The first-order chi connectivity index (χ1) is 36.2. The molecule has 0 radical (unpaired) electrons. The predicted molar refractivity (Wildman–Crippen MR) is 298 cm³/mol. The molecule has 5 heterocycles. The molecule has 14 rings (SSSR count). The zero-order chi connectivity index (χ0) is 48.2. The minimum atomic E-state index is 0.723. The van der Waals surface area contributed by atoms with Crippen LogP contribution in [0.1, 0.15) is 0 Å². The normalized spacial score (nSPS) is 11.6. The van der Waals surface area contributed by atoms with Crippen molar-refractivity contribution < 1.29 is 0 Å². The van der Waals surface area contributed by atoms with Crippen LogP contribution in [0.2, 0.25) is 0 Å². The molecule has 0 aliphatic rings. The van der Waals surface area contributed by atoms with E-state index in [1.165, 1.54) is 0 Å². The SMILES string of the molecule is c1ccc(-c2cc(-c3ccccc3)nc(-n3c4ccccc4c4ccc(-c5nnc(-c6ccc7c8ccccc8n(-c8cc(-c9ccccc9)cc(-c9ccccc9)n8)c7c6)n5-c5ccccc5)cc43)c2)cc1. The van der Waals surface area contributed by atoms with Gasteiger partial charge in [0.2, 0.25) is 0 Å². The molecule has 14 aromatic rings. The summed E-state index contributed by atoms with van der Waals surface area (Å²) in [5.74, 6) is 3.11. The minimum absolute atomic E-state index is 0.723. The molecule has 0 bridgehead atoms. The minimum Gasteiger partial charge on any atom is -0.294 e. The number of aromatic nitrogens is 7. The molecule has 0 amide bonds. The van der Waals surface area contributed by atoms with Crippen LogP contribution in [-0.4, -0.2) is 33.9 Å². The van der Waals surface area contributed by atoms with E-state index in [1.54, 1.807) is 0 Å². The van der Waals surface area contributed by atoms with Gasteiger partial charge in [0.1, 0.15) is 11.6 Å². The fourth-order valence-electron chi connectivity index (χ4n) is 10.6. The second-order valence-electron chi connectivity index (χ2n) is 18.3. The zero-order valence-electron chi connectivity index (χ0n) is 39.5. The lowest BCUT2D eigenvalue weighted by Gasteiger charge is -2.14. The fourth-order valence-corrected chi connectivity index (χ4v) is 10.6. The van der Waals surface area contributed by atoms with Gasteiger partial charge in [-0.3, -0.25) is 13.7 Å². The molecule has 0 saturated carbocycles. The van der Waals surface area contributed by atoms with Gasteiger partial charge in [0.25, 0.3) is 0 Å². The number of fused-ring (bicyclic) bond motifs is 6. The molecule has 0 saturated heterocycles. The van der Waals surface area contributed by atoms with E-state index >= 15 is 0 Å². The maximum Gasteiger partial charge on any atom is 0.168 e. The molecule has 5 aromatic heterocycles. The van der Waals surface area contributed by atoms with Gasteiger partial charge in [-0.25, -0.2) is 9.97 Å². The second kappa shape index (κ2) is 17.5. The molecule has 9 aromatic carbocycles. The molecule has 0 aliphatic heterocycles. The van der Waals surface area contributed by atoms with Crippen molar-refractivity contribution in [1.29, 1.82) is 0 Å². The van der Waals surface area contributed by atoms with E-state index in [0.29, 0.717) is 0 Å². The van der Waals surface area contributed by atoms with Crippen LogP contribution in [-0.2, 0) is 0 Å². The smallest absolute Gasteiger partial charge is 0.168 e. The largest absolute Gasteiger partial charge is 0.294 e. The van der Waals surface area contributed by atoms with E-state index in [9.17, 15) is 0 Å². The highest BCUT2D eigenvalue weighted by molar-refractivity contribution is 6.11. The van der Waals surface area contributed by atoms with Crippen LogP contribution in [0.25, 0.3) is 128 Å². The molecule has 0 fully saturated rings. The molecule has 0 aliphatic carbocycles. The van der Waals surface area contributed by atoms with Crippen molar-refractivity contribution in [1.82, 2.24) is 33.9 Å². The number of pyridine rings is 2. The number of nitrogens with zero attached hydrogens (tertiary/aromatic N) is 7. The van der Waals surface area contributed by atoms with Gasteiger partial charge in [0.15, 0.2) is 11.6 Å². The highest BCUT2D eigenvalue weighted by Crippen LogP contribution is 2.40. The third-order valence-electron chi connectivity index (χ3n) is 14.0. The summed E-state index contributed by atoms with van der Waals surface area (Å²) < 4.78 is 6.79. The van der Waals surface area contributed by atoms with Crippen molar-refractivity contribution in [3.05, 3.63) is 261 Å². The summed E-state index contributed by atoms with van der Waals surface area (Å²) >= 11 is 0. The summed E-state index contributed by atoms with van der Waals surface area (Å²) in [5, 5.41) is 14.7. The Kier molecular flexibility index (Phi) is 10.0. The molecule has 7 nitrogen and oxygen atoms in total. The van der Waals surface area contributed by atoms with Crippen LogP contribution in [0.3, 0.4) is 0 Å². The Balaban J connectivity index is 0.969. The van der Waals surface area contributed by atoms with Crippen molar-refractivity contribution >= 4 is 43.6 Å². The Morgan fingerprint density at radius 1 is 0.233 bits per heavy atom. The molecule has 7 heteroatoms. The zero-order valence-corrected chi connectivity index (χ0v) is 39.5. The summed E-state index contributed by atoms with van der Waals surface area (Å²) in [5.41, 5.74) is 15.3. The van der Waals surface area contributed by atoms with Crippen LogP contribution in [0, 0.1) is 0 Å². The van der Waals surface area contributed by atoms with E-state index in [0.717, 1.165) is 128 Å². The van der Waals surface area contributed by atoms with Crippen molar-refractivity contribution in [2.45, 2.75) is 0 Å². The van der Waals surface area contributed by atoms with Crippen LogP contribution >= 0.6 is 0 Å². The topological polar surface area (TPSA) is 66.3 Å². The lowest BCUT2D eigenvalue weighted by Crippen LogP contribution is -2.02. The summed E-state index contributed by atoms with van der Waals surface area (Å²) in [6, 6.07) is 91.6. The summed E-state index contributed by atoms with van der Waals surface area (Å²) in [7, 11) is 0. The van der Waals surface area contributed by atoms with E-state index in [-0.39, 0.29) is 0 Å². The first-order valence-corrected chi connectivity index (χ1v) is 24.5. The van der Waals surface area contributed by atoms with Crippen molar-refractivity contribution in [3.63, 3.8) is 0 Å². The van der Waals surface area contributed by atoms with Crippen molar-refractivity contribution in [2.24, 2.45) is 0 Å². The van der Waals surface area contributed by atoms with Gasteiger partial charge in [0.05, 0.1) is 33.5 Å². The molecular formula is C66H43N7. The van der Waals surface area contributed by atoms with Crippen molar-refractivity contribution in [2.75, 3.05) is 0 Å². The molecule has 73 heavy (non-hydrogen) atoms. The summed E-state index contributed by atoms with van der Waals surface area (Å²) in [6.07, 6.45) is 0. The number of para-hydroxylation sites is 3. The van der Waals surface area contributed by atoms with Gasteiger partial charge >= 0.3 is 0 Å². The van der Waals surface area contributed by atoms with E-state index in [1.807, 2.05) is 18.2 Å². The van der Waals surface area contributed by atoms with Crippen LogP contribution < -0.4 is 0 Å². The maximum atomic E-state index is 5.42. The van der Waals surface area contributed by atoms with Crippen LogP contribution in [0.4, 0.5) is 0 Å². The molecule has 0 N–H and O–H groups in total. The number of benzene rings is 9. The lowest BCUT2D eigenvalue weighted by atomic mass is 10.0. The Hall–Kier alpha value is -9.98. The fraction of sp³-hybridized carbons (Fsp3) is 0. The van der Waals surface area contributed by atoms with E-state index < -0.39 is 0 Å². The van der Waals surface area contributed by atoms with Crippen LogP contribution in [0.5, 0.6) is 0 Å². The average molecular weight is 934 g/mol. The van der Waals surface area contributed by atoms with Crippen LogP contribution in [0.15, 0.2) is 261 Å². The summed E-state index contributed by atoms with van der Waals surface area (Å²) in [4.78, 5) is 10.8. The van der Waals surface area contributed by atoms with Gasteiger partial charge in [-0.15, -0.1) is 10.2 Å². The third-order valence-corrected chi connectivity index (χ3v) is 14.0. The summed E-state index contributed by atoms with van der Waals surface area (Å²) in [6.45, 7) is 0. The number of hydrogen-bond donors (Lipinski definition) is 0. The van der Waals surface area contributed by atoms with Crippen molar-refractivity contribution in [3.8, 4) is 84.9 Å². The maximum absolute atomic E-state index is 5.42. The van der Waals surface area contributed by atoms with Gasteiger partial charge in [-0.05, 0) is 82.9 Å². The lowest BCUT2D eigenvalue weighted by molar-refractivity contribution is 1.07.